The normalized spacial score (nSPS) is 16.8. The Morgan fingerprint density at radius 3 is 2.58 bits per heavy atom. The zero-order valence-electron chi connectivity index (χ0n) is 12.9. The van der Waals surface area contributed by atoms with Crippen LogP contribution in [0.5, 0.6) is 0 Å². The van der Waals surface area contributed by atoms with Gasteiger partial charge in [0.1, 0.15) is 17.5 Å². The first kappa shape index (κ1) is 16.5. The minimum atomic E-state index is -4.64. The summed E-state index contributed by atoms with van der Waals surface area (Å²) in [5.74, 6) is -1.30. The number of nitrogens with zero attached hydrogens (tertiary/aromatic N) is 2. The summed E-state index contributed by atoms with van der Waals surface area (Å²) >= 11 is 0. The summed E-state index contributed by atoms with van der Waals surface area (Å²) in [5, 5.41) is 2.58. The minimum Gasteiger partial charge on any atom is -0.327 e. The molecule has 0 bridgehead atoms. The highest BCUT2D eigenvalue weighted by Gasteiger charge is 2.34. The molecule has 134 valence electrons. The quantitative estimate of drug-likeness (QED) is 0.691. The maximum Gasteiger partial charge on any atom is 0.416 e. The lowest BCUT2D eigenvalue weighted by molar-refractivity contribution is -0.137. The van der Waals surface area contributed by atoms with Gasteiger partial charge in [0.2, 0.25) is 0 Å². The van der Waals surface area contributed by atoms with Crippen LogP contribution < -0.4 is 5.32 Å². The van der Waals surface area contributed by atoms with Crippen LogP contribution in [0.2, 0.25) is 0 Å². The van der Waals surface area contributed by atoms with Gasteiger partial charge in [-0.25, -0.2) is 23.1 Å². The maximum absolute atomic E-state index is 14.1. The van der Waals surface area contributed by atoms with Crippen molar-refractivity contribution in [3.8, 4) is 0 Å². The number of nitrogens with one attached hydrogen (secondary N) is 1. The average molecular weight is 367 g/mol. The summed E-state index contributed by atoms with van der Waals surface area (Å²) in [6.07, 6.45) is -4.72. The lowest BCUT2D eigenvalue weighted by atomic mass is 10.0. The van der Waals surface area contributed by atoms with Crippen LogP contribution in [0.4, 0.5) is 26.7 Å². The van der Waals surface area contributed by atoms with Gasteiger partial charge >= 0.3 is 12.2 Å². The molecular weight excluding hydrogens is 357 g/mol. The number of imidazole rings is 1. The summed E-state index contributed by atoms with van der Waals surface area (Å²) < 4.78 is 66.6. The highest BCUT2D eigenvalue weighted by Crippen LogP contribution is 2.32. The van der Waals surface area contributed by atoms with E-state index in [0.29, 0.717) is 11.6 Å². The molecule has 1 aromatic heterocycles. The first-order valence-corrected chi connectivity index (χ1v) is 7.58. The number of carbonyl (C=O) groups excluding carboxylic acids is 1. The third-order valence-electron chi connectivity index (χ3n) is 4.26. The predicted octanol–water partition coefficient (Wildman–Crippen LogP) is 4.19. The molecule has 2 heterocycles. The fraction of sp³-hybridized carbons (Fsp3) is 0.176. The highest BCUT2D eigenvalue weighted by atomic mass is 19.4. The second-order valence-corrected chi connectivity index (χ2v) is 5.95. The van der Waals surface area contributed by atoms with Crippen molar-refractivity contribution < 1.29 is 26.7 Å². The molecule has 2 aromatic carbocycles. The van der Waals surface area contributed by atoms with Gasteiger partial charge in [-0.05, 0) is 29.8 Å². The fourth-order valence-corrected chi connectivity index (χ4v) is 3.04. The number of fused-ring (bicyclic) bond motifs is 3. The molecule has 0 spiro atoms. The Morgan fingerprint density at radius 2 is 1.88 bits per heavy atom. The molecule has 3 aromatic rings. The van der Waals surface area contributed by atoms with Gasteiger partial charge < -0.3 is 5.32 Å². The largest absolute Gasteiger partial charge is 0.416 e. The molecule has 4 rings (SSSR count). The van der Waals surface area contributed by atoms with Gasteiger partial charge in [0.05, 0.1) is 22.6 Å². The van der Waals surface area contributed by atoms with Gasteiger partial charge in [0, 0.05) is 12.5 Å². The molecule has 1 N–H and O–H groups in total. The van der Waals surface area contributed by atoms with E-state index in [1.54, 1.807) is 0 Å². The van der Waals surface area contributed by atoms with Crippen molar-refractivity contribution >= 4 is 17.1 Å². The Hall–Kier alpha value is -2.97. The summed E-state index contributed by atoms with van der Waals surface area (Å²) in [7, 11) is 0. The lowest BCUT2D eigenvalue weighted by Gasteiger charge is -2.12. The van der Waals surface area contributed by atoms with E-state index in [2.05, 4.69) is 10.3 Å². The number of carbonyl (C=O) groups is 1. The molecule has 4 nitrogen and oxygen atoms in total. The monoisotopic (exact) mass is 367 g/mol. The van der Waals surface area contributed by atoms with Gasteiger partial charge in [-0.15, -0.1) is 0 Å². The summed E-state index contributed by atoms with van der Waals surface area (Å²) in [6, 6.07) is 4.74. The maximum atomic E-state index is 14.1. The van der Waals surface area contributed by atoms with Crippen LogP contribution in [-0.4, -0.2) is 15.6 Å². The molecule has 0 aliphatic carbocycles. The van der Waals surface area contributed by atoms with Gasteiger partial charge in [-0.3, -0.25) is 0 Å². The van der Waals surface area contributed by atoms with E-state index in [1.165, 1.54) is 16.7 Å². The Labute approximate surface area is 143 Å². The molecule has 1 aliphatic heterocycles. The smallest absolute Gasteiger partial charge is 0.327 e. The highest BCUT2D eigenvalue weighted by molar-refractivity contribution is 5.92. The second kappa shape index (κ2) is 5.52. The molecule has 0 saturated heterocycles. The van der Waals surface area contributed by atoms with E-state index in [9.17, 15) is 26.7 Å². The van der Waals surface area contributed by atoms with Crippen molar-refractivity contribution in [2.75, 3.05) is 0 Å². The Bertz CT molecular complexity index is 1040. The molecule has 1 unspecified atom stereocenters. The third kappa shape index (κ3) is 2.59. The standard InChI is InChI=1S/C17H10F5N3O/c18-10-3-4-12-14(7-10)25-15(23-12)13(24-16(25)26)5-8-1-2-9(6-11(8)19)17(20,21)22/h1-4,6-7,13H,5H2,(H,24,26). The van der Waals surface area contributed by atoms with Gasteiger partial charge in [0.15, 0.2) is 0 Å². The van der Waals surface area contributed by atoms with Crippen molar-refractivity contribution in [2.24, 2.45) is 0 Å². The Morgan fingerprint density at radius 1 is 1.12 bits per heavy atom. The SMILES string of the molecule is O=C1NC(Cc2ccc(C(F)(F)F)cc2F)c2nc3ccc(F)cc3n21. The zero-order chi connectivity index (χ0) is 18.6. The molecule has 0 fully saturated rings. The van der Waals surface area contributed by atoms with E-state index in [-0.39, 0.29) is 23.3 Å². The van der Waals surface area contributed by atoms with E-state index < -0.39 is 35.4 Å². The predicted molar refractivity (Wildman–Crippen MR) is 81.5 cm³/mol. The summed E-state index contributed by atoms with van der Waals surface area (Å²) in [6.45, 7) is 0. The minimum absolute atomic E-state index is 0.00925. The van der Waals surface area contributed by atoms with E-state index >= 15 is 0 Å². The number of halogens is 5. The van der Waals surface area contributed by atoms with Gasteiger partial charge in [-0.2, -0.15) is 13.2 Å². The number of rotatable bonds is 2. The van der Waals surface area contributed by atoms with E-state index in [0.717, 1.165) is 18.2 Å². The summed E-state index contributed by atoms with van der Waals surface area (Å²) in [4.78, 5) is 16.4. The number of amides is 1. The molecule has 9 heteroatoms. The van der Waals surface area contributed by atoms with Crippen molar-refractivity contribution in [1.29, 1.82) is 0 Å². The average Bonchev–Trinajstić information content (AvgIpc) is 3.06. The van der Waals surface area contributed by atoms with Gasteiger partial charge in [-0.1, -0.05) is 6.07 Å². The van der Waals surface area contributed by atoms with Crippen LogP contribution in [-0.2, 0) is 12.6 Å². The number of aromatic nitrogens is 2. The Kier molecular flexibility index (Phi) is 3.50. The molecular formula is C17H10F5N3O. The Balaban J connectivity index is 1.70. The number of benzene rings is 2. The molecule has 26 heavy (non-hydrogen) atoms. The van der Waals surface area contributed by atoms with Crippen LogP contribution in [0, 0.1) is 11.6 Å². The molecule has 0 radical (unpaired) electrons. The van der Waals surface area contributed by atoms with E-state index in [4.69, 9.17) is 0 Å². The third-order valence-corrected chi connectivity index (χ3v) is 4.26. The topological polar surface area (TPSA) is 46.9 Å². The molecule has 1 atom stereocenters. The van der Waals surface area contributed by atoms with Gasteiger partial charge in [0.25, 0.3) is 0 Å². The number of alkyl halides is 3. The lowest BCUT2D eigenvalue weighted by Crippen LogP contribution is -2.23. The second-order valence-electron chi connectivity index (χ2n) is 5.95. The molecule has 1 aliphatic rings. The first-order valence-electron chi connectivity index (χ1n) is 7.58. The van der Waals surface area contributed by atoms with Crippen molar-refractivity contribution in [2.45, 2.75) is 18.6 Å². The summed E-state index contributed by atoms with van der Waals surface area (Å²) in [5.41, 5.74) is -0.408. The van der Waals surface area contributed by atoms with Crippen molar-refractivity contribution in [3.05, 3.63) is 65.0 Å². The van der Waals surface area contributed by atoms with Crippen LogP contribution in [0.1, 0.15) is 23.0 Å². The van der Waals surface area contributed by atoms with Crippen molar-refractivity contribution in [3.63, 3.8) is 0 Å². The van der Waals surface area contributed by atoms with Crippen molar-refractivity contribution in [1.82, 2.24) is 14.9 Å². The molecule has 0 saturated carbocycles. The first-order chi connectivity index (χ1) is 12.2. The molecule has 1 amide bonds. The zero-order valence-corrected chi connectivity index (χ0v) is 12.9. The van der Waals surface area contributed by atoms with Crippen LogP contribution in [0.15, 0.2) is 36.4 Å². The fourth-order valence-electron chi connectivity index (χ4n) is 3.04. The van der Waals surface area contributed by atoms with E-state index in [1.807, 2.05) is 0 Å². The number of hydrogen-bond acceptors (Lipinski definition) is 2. The number of hydrogen-bond donors (Lipinski definition) is 1. The van der Waals surface area contributed by atoms with Crippen LogP contribution in [0.3, 0.4) is 0 Å². The van der Waals surface area contributed by atoms with Crippen LogP contribution in [0.25, 0.3) is 11.0 Å². The van der Waals surface area contributed by atoms with Crippen LogP contribution >= 0.6 is 0 Å².